The fourth-order valence-corrected chi connectivity index (χ4v) is 4.01. The molecule has 1 fully saturated rings. The van der Waals surface area contributed by atoms with Gasteiger partial charge < -0.3 is 5.32 Å². The lowest BCUT2D eigenvalue weighted by Crippen LogP contribution is -2.29. The van der Waals surface area contributed by atoms with E-state index in [0.717, 1.165) is 24.0 Å². The Morgan fingerprint density at radius 3 is 2.65 bits per heavy atom. The SMILES string of the molecule is O=c1c2sccc2nc(NC2CCCCC2)n1-c1ccccc1. The van der Waals surface area contributed by atoms with Crippen LogP contribution in [-0.2, 0) is 0 Å². The van der Waals surface area contributed by atoms with Gasteiger partial charge in [0.1, 0.15) is 4.70 Å². The third kappa shape index (κ3) is 2.77. The van der Waals surface area contributed by atoms with Crippen molar-refractivity contribution in [2.45, 2.75) is 38.1 Å². The van der Waals surface area contributed by atoms with Crippen molar-refractivity contribution in [3.63, 3.8) is 0 Å². The molecule has 0 saturated heterocycles. The van der Waals surface area contributed by atoms with Crippen molar-refractivity contribution in [2.75, 3.05) is 5.32 Å². The normalized spacial score (nSPS) is 15.8. The van der Waals surface area contributed by atoms with Crippen LogP contribution < -0.4 is 10.9 Å². The molecule has 1 aromatic carbocycles. The van der Waals surface area contributed by atoms with Crippen LogP contribution in [0, 0.1) is 0 Å². The van der Waals surface area contributed by atoms with E-state index >= 15 is 0 Å². The number of rotatable bonds is 3. The fraction of sp³-hybridized carbons (Fsp3) is 0.333. The lowest BCUT2D eigenvalue weighted by atomic mass is 9.96. The fourth-order valence-electron chi connectivity index (χ4n) is 3.26. The summed E-state index contributed by atoms with van der Waals surface area (Å²) in [6.07, 6.45) is 6.08. The topological polar surface area (TPSA) is 46.9 Å². The Morgan fingerprint density at radius 2 is 1.87 bits per heavy atom. The highest BCUT2D eigenvalue weighted by molar-refractivity contribution is 7.17. The number of para-hydroxylation sites is 1. The molecular formula is C18H19N3OS. The number of benzene rings is 1. The van der Waals surface area contributed by atoms with Gasteiger partial charge in [0, 0.05) is 6.04 Å². The standard InChI is InChI=1S/C18H19N3OS/c22-17-16-15(11-12-23-16)20-18(19-13-7-3-1-4-8-13)21(17)14-9-5-2-6-10-14/h2,5-6,9-13H,1,3-4,7-8H2,(H,19,20). The summed E-state index contributed by atoms with van der Waals surface area (Å²) in [6, 6.07) is 12.1. The largest absolute Gasteiger partial charge is 0.353 e. The van der Waals surface area contributed by atoms with Crippen LogP contribution in [0.1, 0.15) is 32.1 Å². The molecule has 0 aliphatic heterocycles. The van der Waals surface area contributed by atoms with E-state index in [1.54, 1.807) is 4.57 Å². The second-order valence-electron chi connectivity index (χ2n) is 6.03. The van der Waals surface area contributed by atoms with Gasteiger partial charge in [0.05, 0.1) is 11.2 Å². The summed E-state index contributed by atoms with van der Waals surface area (Å²) in [6.45, 7) is 0. The van der Waals surface area contributed by atoms with Crippen LogP contribution in [0.5, 0.6) is 0 Å². The van der Waals surface area contributed by atoms with Crippen molar-refractivity contribution in [3.05, 3.63) is 52.1 Å². The number of nitrogens with one attached hydrogen (secondary N) is 1. The van der Waals surface area contributed by atoms with Crippen molar-refractivity contribution in [2.24, 2.45) is 0 Å². The first-order chi connectivity index (χ1) is 11.3. The van der Waals surface area contributed by atoms with Gasteiger partial charge in [0.15, 0.2) is 0 Å². The van der Waals surface area contributed by atoms with Gasteiger partial charge in [-0.2, -0.15) is 0 Å². The highest BCUT2D eigenvalue weighted by Gasteiger charge is 2.18. The molecular weight excluding hydrogens is 306 g/mol. The Labute approximate surface area is 138 Å². The number of fused-ring (bicyclic) bond motifs is 1. The minimum absolute atomic E-state index is 0.00881. The van der Waals surface area contributed by atoms with E-state index in [4.69, 9.17) is 4.98 Å². The van der Waals surface area contributed by atoms with Gasteiger partial charge in [-0.15, -0.1) is 11.3 Å². The Hall–Kier alpha value is -2.14. The smallest absolute Gasteiger partial charge is 0.277 e. The first-order valence-electron chi connectivity index (χ1n) is 8.15. The number of aromatic nitrogens is 2. The maximum Gasteiger partial charge on any atom is 0.277 e. The molecule has 0 spiro atoms. The van der Waals surface area contributed by atoms with E-state index in [2.05, 4.69) is 5.32 Å². The molecule has 4 nitrogen and oxygen atoms in total. The van der Waals surface area contributed by atoms with Gasteiger partial charge in [0.2, 0.25) is 5.95 Å². The van der Waals surface area contributed by atoms with Gasteiger partial charge >= 0.3 is 0 Å². The third-order valence-corrected chi connectivity index (χ3v) is 5.32. The minimum Gasteiger partial charge on any atom is -0.353 e. The molecule has 0 bridgehead atoms. The molecule has 118 valence electrons. The number of anilines is 1. The quantitative estimate of drug-likeness (QED) is 0.785. The second-order valence-corrected chi connectivity index (χ2v) is 6.94. The van der Waals surface area contributed by atoms with Crippen LogP contribution >= 0.6 is 11.3 Å². The number of thiophene rings is 1. The summed E-state index contributed by atoms with van der Waals surface area (Å²) >= 11 is 1.45. The first kappa shape index (κ1) is 14.5. The van der Waals surface area contributed by atoms with Crippen molar-refractivity contribution in [3.8, 4) is 5.69 Å². The monoisotopic (exact) mass is 325 g/mol. The van der Waals surface area contributed by atoms with Crippen LogP contribution in [0.2, 0.25) is 0 Å². The summed E-state index contributed by atoms with van der Waals surface area (Å²) in [5, 5.41) is 5.46. The molecule has 5 heteroatoms. The van der Waals surface area contributed by atoms with Crippen LogP contribution in [0.4, 0.5) is 5.95 Å². The third-order valence-electron chi connectivity index (χ3n) is 4.43. The van der Waals surface area contributed by atoms with E-state index < -0.39 is 0 Å². The molecule has 0 atom stereocenters. The molecule has 23 heavy (non-hydrogen) atoms. The summed E-state index contributed by atoms with van der Waals surface area (Å²) in [7, 11) is 0. The maximum absolute atomic E-state index is 12.9. The molecule has 1 N–H and O–H groups in total. The summed E-state index contributed by atoms with van der Waals surface area (Å²) in [5.74, 6) is 0.666. The average Bonchev–Trinajstić information content (AvgIpc) is 3.06. The van der Waals surface area contributed by atoms with E-state index in [0.29, 0.717) is 16.7 Å². The van der Waals surface area contributed by atoms with Crippen LogP contribution in [-0.4, -0.2) is 15.6 Å². The van der Waals surface area contributed by atoms with Gasteiger partial charge in [-0.1, -0.05) is 37.5 Å². The van der Waals surface area contributed by atoms with Gasteiger partial charge in [-0.05, 0) is 36.4 Å². The summed E-state index contributed by atoms with van der Waals surface area (Å²) in [5.41, 5.74) is 1.65. The van der Waals surface area contributed by atoms with E-state index in [9.17, 15) is 4.79 Å². The summed E-state index contributed by atoms with van der Waals surface area (Å²) in [4.78, 5) is 17.7. The molecule has 1 aliphatic rings. The average molecular weight is 325 g/mol. The lowest BCUT2D eigenvalue weighted by molar-refractivity contribution is 0.460. The molecule has 4 rings (SSSR count). The zero-order valence-corrected chi connectivity index (χ0v) is 13.7. The van der Waals surface area contributed by atoms with Crippen LogP contribution in [0.25, 0.3) is 15.9 Å². The van der Waals surface area contributed by atoms with E-state index in [1.807, 2.05) is 41.8 Å². The number of hydrogen-bond donors (Lipinski definition) is 1. The van der Waals surface area contributed by atoms with Crippen molar-refractivity contribution in [1.29, 1.82) is 0 Å². The maximum atomic E-state index is 12.9. The van der Waals surface area contributed by atoms with Gasteiger partial charge in [0.25, 0.3) is 5.56 Å². The first-order valence-corrected chi connectivity index (χ1v) is 9.03. The van der Waals surface area contributed by atoms with Crippen molar-refractivity contribution >= 4 is 27.5 Å². The Bertz CT molecular complexity index is 863. The Morgan fingerprint density at radius 1 is 1.09 bits per heavy atom. The molecule has 0 radical (unpaired) electrons. The molecule has 1 saturated carbocycles. The predicted octanol–water partition coefficient (Wildman–Crippen LogP) is 4.19. The molecule has 3 aromatic rings. The van der Waals surface area contributed by atoms with Crippen molar-refractivity contribution < 1.29 is 0 Å². The molecule has 2 heterocycles. The van der Waals surface area contributed by atoms with Gasteiger partial charge in [-0.3, -0.25) is 4.79 Å². The van der Waals surface area contributed by atoms with E-state index in [-0.39, 0.29) is 5.56 Å². The van der Waals surface area contributed by atoms with Crippen LogP contribution in [0.3, 0.4) is 0 Å². The highest BCUT2D eigenvalue weighted by atomic mass is 32.1. The second kappa shape index (κ2) is 6.16. The summed E-state index contributed by atoms with van der Waals surface area (Å²) < 4.78 is 2.43. The Balaban J connectivity index is 1.85. The predicted molar refractivity (Wildman–Crippen MR) is 95.7 cm³/mol. The zero-order valence-electron chi connectivity index (χ0n) is 12.9. The van der Waals surface area contributed by atoms with Gasteiger partial charge in [-0.25, -0.2) is 9.55 Å². The molecule has 2 aromatic heterocycles. The van der Waals surface area contributed by atoms with E-state index in [1.165, 1.54) is 30.6 Å². The van der Waals surface area contributed by atoms with Crippen molar-refractivity contribution in [1.82, 2.24) is 9.55 Å². The minimum atomic E-state index is 0.00881. The van der Waals surface area contributed by atoms with Crippen LogP contribution in [0.15, 0.2) is 46.6 Å². The lowest BCUT2D eigenvalue weighted by Gasteiger charge is -2.24. The number of hydrogen-bond acceptors (Lipinski definition) is 4. The zero-order chi connectivity index (χ0) is 15.6. The Kier molecular flexibility index (Phi) is 3.87. The molecule has 0 amide bonds. The molecule has 1 aliphatic carbocycles. The number of nitrogens with zero attached hydrogens (tertiary/aromatic N) is 2. The highest BCUT2D eigenvalue weighted by Crippen LogP contribution is 2.24. The molecule has 0 unspecified atom stereocenters.